The van der Waals surface area contributed by atoms with Gasteiger partial charge >= 0.3 is 41.6 Å². The molecule has 0 aromatic carbocycles. The van der Waals surface area contributed by atoms with Crippen LogP contribution in [0.4, 0.5) is 4.79 Å². The maximum absolute atomic E-state index is 11.6. The van der Waals surface area contributed by atoms with Crippen molar-refractivity contribution in [3.8, 4) is 0 Å². The summed E-state index contributed by atoms with van der Waals surface area (Å²) in [7, 11) is 0. The van der Waals surface area contributed by atoms with Crippen LogP contribution >= 0.6 is 0 Å². The van der Waals surface area contributed by atoms with Crippen molar-refractivity contribution < 1.29 is 58.5 Å². The number of rotatable bonds is 6. The van der Waals surface area contributed by atoms with E-state index in [4.69, 9.17) is 9.47 Å². The predicted octanol–water partition coefficient (Wildman–Crippen LogP) is -2.18. The molecule has 0 heterocycles. The van der Waals surface area contributed by atoms with E-state index >= 15 is 0 Å². The summed E-state index contributed by atoms with van der Waals surface area (Å²) in [4.78, 5) is 33.7. The summed E-state index contributed by atoms with van der Waals surface area (Å²) in [5.41, 5.74) is 0. The van der Waals surface area contributed by atoms with E-state index in [0.717, 1.165) is 12.8 Å². The van der Waals surface area contributed by atoms with Gasteiger partial charge in [-0.3, -0.25) is 4.79 Å². The number of nitrogens with one attached hydrogen (secondary N) is 1. The van der Waals surface area contributed by atoms with Gasteiger partial charge in [-0.05, 0) is 37.5 Å². The van der Waals surface area contributed by atoms with E-state index in [1.807, 2.05) is 0 Å². The van der Waals surface area contributed by atoms with Gasteiger partial charge in [0.05, 0.1) is 5.92 Å². The first-order valence-electron chi connectivity index (χ1n) is 7.65. The first kappa shape index (κ1) is 22.2. The largest absolute Gasteiger partial charge is 1.00 e. The van der Waals surface area contributed by atoms with Crippen LogP contribution in [0.15, 0.2) is 0 Å². The fourth-order valence-electron chi connectivity index (χ4n) is 2.35. The van der Waals surface area contributed by atoms with Gasteiger partial charge in [0.2, 0.25) is 6.29 Å². The van der Waals surface area contributed by atoms with Crippen LogP contribution in [0.3, 0.4) is 0 Å². The third kappa shape index (κ3) is 8.58. The molecule has 0 aromatic heterocycles. The van der Waals surface area contributed by atoms with Gasteiger partial charge in [-0.25, -0.2) is 4.79 Å². The van der Waals surface area contributed by atoms with E-state index in [9.17, 15) is 19.5 Å². The van der Waals surface area contributed by atoms with Crippen molar-refractivity contribution >= 4 is 18.0 Å². The standard InChI is InChI=1S/C15H25NO6.Na/c1-9(2)14(19)21-10(3)22-15(20)16-8-11-4-6-12(7-5-11)13(17)18;/h9-12H,4-8H2,1-3H3,(H,16,20)(H,17,18);/q;+1/p-1/t10-,11?,12?;/m0./s1. The van der Waals surface area contributed by atoms with Crippen molar-refractivity contribution in [1.82, 2.24) is 5.32 Å². The Bertz CT molecular complexity index is 407. The maximum Gasteiger partial charge on any atom is 1.00 e. The molecule has 0 aromatic rings. The zero-order valence-electron chi connectivity index (χ0n) is 14.3. The van der Waals surface area contributed by atoms with Gasteiger partial charge < -0.3 is 24.7 Å². The number of aliphatic carboxylic acids is 1. The number of carbonyl (C=O) groups is 3. The Kier molecular flexibility index (Phi) is 10.5. The Balaban J connectivity index is 0.00000484. The normalized spacial score (nSPS) is 21.7. The smallest absolute Gasteiger partial charge is 0.550 e. The van der Waals surface area contributed by atoms with E-state index in [2.05, 4.69) is 5.32 Å². The first-order valence-corrected chi connectivity index (χ1v) is 7.65. The van der Waals surface area contributed by atoms with Crippen LogP contribution in [0.2, 0.25) is 0 Å². The molecule has 0 spiro atoms. The van der Waals surface area contributed by atoms with Crippen molar-refractivity contribution in [1.29, 1.82) is 0 Å². The van der Waals surface area contributed by atoms with Crippen LogP contribution in [-0.2, 0) is 19.1 Å². The molecule has 0 aliphatic heterocycles. The minimum absolute atomic E-state index is 0. The number of ether oxygens (including phenoxy) is 2. The Morgan fingerprint density at radius 2 is 1.65 bits per heavy atom. The number of hydrogen-bond acceptors (Lipinski definition) is 6. The molecule has 1 amide bonds. The molecule has 1 atom stereocenters. The molecule has 126 valence electrons. The number of amides is 1. The minimum Gasteiger partial charge on any atom is -0.550 e. The SMILES string of the molecule is CC(C)C(=O)O[C@H](C)OC(=O)NCC1CCC(C(=O)[O-])CC1.[Na+]. The summed E-state index contributed by atoms with van der Waals surface area (Å²) < 4.78 is 9.84. The first-order chi connectivity index (χ1) is 10.3. The predicted molar refractivity (Wildman–Crippen MR) is 75.3 cm³/mol. The Labute approximate surface area is 158 Å². The van der Waals surface area contributed by atoms with Crippen LogP contribution in [0.1, 0.15) is 46.5 Å². The molecule has 1 aliphatic rings. The van der Waals surface area contributed by atoms with Crippen LogP contribution in [0.25, 0.3) is 0 Å². The van der Waals surface area contributed by atoms with Gasteiger partial charge in [-0.1, -0.05) is 13.8 Å². The second-order valence-electron chi connectivity index (χ2n) is 5.98. The summed E-state index contributed by atoms with van der Waals surface area (Å²) >= 11 is 0. The average Bonchev–Trinajstić information content (AvgIpc) is 2.45. The minimum atomic E-state index is -0.994. The third-order valence-corrected chi connectivity index (χ3v) is 3.74. The summed E-state index contributed by atoms with van der Waals surface area (Å²) in [6.07, 6.45) is 1.03. The fourth-order valence-corrected chi connectivity index (χ4v) is 2.35. The maximum atomic E-state index is 11.6. The van der Waals surface area contributed by atoms with E-state index in [1.165, 1.54) is 6.92 Å². The van der Waals surface area contributed by atoms with Crippen molar-refractivity contribution in [2.45, 2.75) is 52.7 Å². The molecule has 1 aliphatic carbocycles. The van der Waals surface area contributed by atoms with Crippen LogP contribution in [-0.4, -0.2) is 30.9 Å². The number of carboxylic acids is 1. The van der Waals surface area contributed by atoms with Gasteiger partial charge in [-0.2, -0.15) is 0 Å². The molecule has 0 unspecified atom stereocenters. The van der Waals surface area contributed by atoms with Crippen molar-refractivity contribution in [2.75, 3.05) is 6.54 Å². The van der Waals surface area contributed by atoms with Crippen LogP contribution in [0.5, 0.6) is 0 Å². The molecule has 1 saturated carbocycles. The van der Waals surface area contributed by atoms with Gasteiger partial charge in [0.15, 0.2) is 0 Å². The quantitative estimate of drug-likeness (QED) is 0.336. The molecular weight excluding hydrogens is 313 g/mol. The zero-order chi connectivity index (χ0) is 16.7. The average molecular weight is 337 g/mol. The number of carbonyl (C=O) groups excluding carboxylic acids is 3. The summed E-state index contributed by atoms with van der Waals surface area (Å²) in [6, 6.07) is 0. The fraction of sp³-hybridized carbons (Fsp3) is 0.800. The Morgan fingerprint density at radius 1 is 1.09 bits per heavy atom. The summed E-state index contributed by atoms with van der Waals surface area (Å²) in [5.74, 6) is -1.85. The van der Waals surface area contributed by atoms with Crippen molar-refractivity contribution in [3.05, 3.63) is 0 Å². The second kappa shape index (κ2) is 10.9. The van der Waals surface area contributed by atoms with E-state index in [-0.39, 0.29) is 47.3 Å². The molecule has 1 N–H and O–H groups in total. The number of hydrogen-bond donors (Lipinski definition) is 1. The Hall–Kier alpha value is -0.790. The van der Waals surface area contributed by atoms with Gasteiger partial charge in [0.25, 0.3) is 0 Å². The molecular formula is C15H24NNaO6. The molecule has 7 nitrogen and oxygen atoms in total. The van der Waals surface area contributed by atoms with Gasteiger partial charge in [0, 0.05) is 19.4 Å². The van der Waals surface area contributed by atoms with E-state index in [1.54, 1.807) is 13.8 Å². The number of alkyl carbamates (subject to hydrolysis) is 1. The van der Waals surface area contributed by atoms with E-state index in [0.29, 0.717) is 19.4 Å². The van der Waals surface area contributed by atoms with Crippen molar-refractivity contribution in [2.24, 2.45) is 17.8 Å². The summed E-state index contributed by atoms with van der Waals surface area (Å²) in [6.45, 7) is 5.28. The Morgan fingerprint density at radius 3 is 2.13 bits per heavy atom. The topological polar surface area (TPSA) is 105 Å². The molecule has 0 radical (unpaired) electrons. The number of carboxylic acid groups (broad SMARTS) is 1. The third-order valence-electron chi connectivity index (χ3n) is 3.74. The van der Waals surface area contributed by atoms with Crippen LogP contribution < -0.4 is 40.0 Å². The molecule has 1 fully saturated rings. The van der Waals surface area contributed by atoms with Gasteiger partial charge in [0.1, 0.15) is 0 Å². The van der Waals surface area contributed by atoms with Crippen molar-refractivity contribution in [3.63, 3.8) is 0 Å². The summed E-state index contributed by atoms with van der Waals surface area (Å²) in [5, 5.41) is 13.4. The monoisotopic (exact) mass is 337 g/mol. The number of esters is 1. The second-order valence-corrected chi connectivity index (χ2v) is 5.98. The van der Waals surface area contributed by atoms with Gasteiger partial charge in [-0.15, -0.1) is 0 Å². The molecule has 0 bridgehead atoms. The zero-order valence-corrected chi connectivity index (χ0v) is 16.3. The van der Waals surface area contributed by atoms with E-state index < -0.39 is 24.3 Å². The molecule has 23 heavy (non-hydrogen) atoms. The van der Waals surface area contributed by atoms with Crippen LogP contribution in [0, 0.1) is 17.8 Å². The molecule has 0 saturated heterocycles. The molecule has 1 rings (SSSR count). The molecule has 8 heteroatoms.